The van der Waals surface area contributed by atoms with E-state index in [1.807, 2.05) is 17.9 Å². The summed E-state index contributed by atoms with van der Waals surface area (Å²) in [5, 5.41) is 3.21. The molecule has 0 aliphatic carbocycles. The lowest BCUT2D eigenvalue weighted by molar-refractivity contribution is -0.116. The summed E-state index contributed by atoms with van der Waals surface area (Å²) < 4.78 is 0. The lowest BCUT2D eigenvalue weighted by Crippen LogP contribution is -2.34. The maximum absolute atomic E-state index is 11.1. The first-order valence-corrected chi connectivity index (χ1v) is 6.39. The molecule has 1 heterocycles. The second kappa shape index (κ2) is 7.53. The quantitative estimate of drug-likeness (QED) is 0.735. The number of pyridine rings is 1. The zero-order chi connectivity index (χ0) is 13.4. The highest BCUT2D eigenvalue weighted by Gasteiger charge is 2.09. The van der Waals surface area contributed by atoms with Gasteiger partial charge in [0, 0.05) is 13.1 Å². The van der Waals surface area contributed by atoms with Crippen LogP contribution in [0.2, 0.25) is 0 Å². The monoisotopic (exact) mass is 250 g/mol. The van der Waals surface area contributed by atoms with Gasteiger partial charge in [-0.25, -0.2) is 0 Å². The number of nitrogens with one attached hydrogen (secondary N) is 1. The minimum atomic E-state index is -0.319. The molecule has 0 bridgehead atoms. The minimum absolute atomic E-state index is 0.233. The molecule has 0 unspecified atom stereocenters. The SMILES string of the molecule is CCCCN(CC(N)=O)c1cncc(NCC)c1. The van der Waals surface area contributed by atoms with Gasteiger partial charge in [-0.1, -0.05) is 13.3 Å². The number of carbonyl (C=O) groups excluding carboxylic acids is 1. The molecule has 0 saturated heterocycles. The van der Waals surface area contributed by atoms with Gasteiger partial charge in [-0.2, -0.15) is 0 Å². The molecule has 3 N–H and O–H groups in total. The molecule has 0 aromatic carbocycles. The molecule has 1 aromatic rings. The normalized spacial score (nSPS) is 10.1. The number of anilines is 2. The number of carbonyl (C=O) groups is 1. The van der Waals surface area contributed by atoms with Gasteiger partial charge in [-0.3, -0.25) is 9.78 Å². The standard InChI is InChI=1S/C13H22N4O/c1-3-5-6-17(10-13(14)18)12-7-11(16-4-2)8-15-9-12/h7-9,16H,3-6,10H2,1-2H3,(H2,14,18). The van der Waals surface area contributed by atoms with Crippen molar-refractivity contribution in [2.75, 3.05) is 29.9 Å². The zero-order valence-electron chi connectivity index (χ0n) is 11.1. The summed E-state index contributed by atoms with van der Waals surface area (Å²) in [6.45, 7) is 6.05. The summed E-state index contributed by atoms with van der Waals surface area (Å²) in [6, 6.07) is 2.00. The van der Waals surface area contributed by atoms with Crippen molar-refractivity contribution < 1.29 is 4.79 Å². The highest BCUT2D eigenvalue weighted by Crippen LogP contribution is 2.18. The van der Waals surface area contributed by atoms with Gasteiger partial charge in [-0.15, -0.1) is 0 Å². The van der Waals surface area contributed by atoms with Crippen LogP contribution in [0.5, 0.6) is 0 Å². The van der Waals surface area contributed by atoms with E-state index in [2.05, 4.69) is 17.2 Å². The topological polar surface area (TPSA) is 71.2 Å². The third kappa shape index (κ3) is 4.61. The summed E-state index contributed by atoms with van der Waals surface area (Å²) in [6.07, 6.45) is 5.64. The first-order chi connectivity index (χ1) is 8.67. The number of hydrogen-bond donors (Lipinski definition) is 2. The van der Waals surface area contributed by atoms with Crippen molar-refractivity contribution in [2.24, 2.45) is 5.73 Å². The Labute approximate surface area is 108 Å². The van der Waals surface area contributed by atoms with Gasteiger partial charge in [0.15, 0.2) is 0 Å². The predicted molar refractivity (Wildman–Crippen MR) is 74.7 cm³/mol. The summed E-state index contributed by atoms with van der Waals surface area (Å²) in [5.41, 5.74) is 7.17. The Hall–Kier alpha value is -1.78. The molecule has 0 aliphatic rings. The van der Waals surface area contributed by atoms with Crippen LogP contribution in [0, 0.1) is 0 Å². The Kier molecular flexibility index (Phi) is 5.97. The van der Waals surface area contributed by atoms with Crippen LogP contribution in [-0.4, -0.2) is 30.5 Å². The summed E-state index contributed by atoms with van der Waals surface area (Å²) in [7, 11) is 0. The lowest BCUT2D eigenvalue weighted by Gasteiger charge is -2.23. The summed E-state index contributed by atoms with van der Waals surface area (Å²) in [5.74, 6) is -0.319. The van der Waals surface area contributed by atoms with Crippen molar-refractivity contribution in [3.8, 4) is 0 Å². The average Bonchev–Trinajstić information content (AvgIpc) is 2.35. The van der Waals surface area contributed by atoms with Gasteiger partial charge < -0.3 is 16.0 Å². The Morgan fingerprint density at radius 2 is 2.22 bits per heavy atom. The highest BCUT2D eigenvalue weighted by atomic mass is 16.1. The van der Waals surface area contributed by atoms with Crippen LogP contribution in [0.4, 0.5) is 11.4 Å². The molecule has 0 radical (unpaired) electrons. The second-order valence-electron chi connectivity index (χ2n) is 4.20. The van der Waals surface area contributed by atoms with Crippen molar-refractivity contribution in [2.45, 2.75) is 26.7 Å². The molecule has 0 saturated carbocycles. The van der Waals surface area contributed by atoms with Crippen LogP contribution >= 0.6 is 0 Å². The molecule has 1 amide bonds. The van der Waals surface area contributed by atoms with E-state index in [-0.39, 0.29) is 12.5 Å². The molecule has 0 atom stereocenters. The first-order valence-electron chi connectivity index (χ1n) is 6.39. The largest absolute Gasteiger partial charge is 0.384 e. The Morgan fingerprint density at radius 3 is 2.83 bits per heavy atom. The number of unbranched alkanes of at least 4 members (excludes halogenated alkanes) is 1. The average molecular weight is 250 g/mol. The molecule has 1 rings (SSSR count). The van der Waals surface area contributed by atoms with Crippen molar-refractivity contribution in [1.29, 1.82) is 0 Å². The number of rotatable bonds is 8. The van der Waals surface area contributed by atoms with Gasteiger partial charge >= 0.3 is 0 Å². The van der Waals surface area contributed by atoms with Crippen LogP contribution in [0.1, 0.15) is 26.7 Å². The van der Waals surface area contributed by atoms with E-state index in [1.165, 1.54) is 0 Å². The number of nitrogens with two attached hydrogens (primary N) is 1. The van der Waals surface area contributed by atoms with Crippen LogP contribution in [0.3, 0.4) is 0 Å². The Bertz CT molecular complexity index is 381. The minimum Gasteiger partial charge on any atom is -0.384 e. The van der Waals surface area contributed by atoms with Crippen molar-refractivity contribution in [3.63, 3.8) is 0 Å². The summed E-state index contributed by atoms with van der Waals surface area (Å²) >= 11 is 0. The van der Waals surface area contributed by atoms with Gasteiger partial charge in [0.1, 0.15) is 0 Å². The summed E-state index contributed by atoms with van der Waals surface area (Å²) in [4.78, 5) is 17.3. The molecule has 0 aliphatic heterocycles. The number of aromatic nitrogens is 1. The van der Waals surface area contributed by atoms with E-state index >= 15 is 0 Å². The third-order valence-corrected chi connectivity index (χ3v) is 2.60. The fourth-order valence-corrected chi connectivity index (χ4v) is 1.74. The fraction of sp³-hybridized carbons (Fsp3) is 0.538. The molecule has 5 nitrogen and oxygen atoms in total. The molecule has 0 spiro atoms. The first kappa shape index (κ1) is 14.3. The molecular formula is C13H22N4O. The van der Waals surface area contributed by atoms with E-state index in [0.29, 0.717) is 0 Å². The lowest BCUT2D eigenvalue weighted by atomic mass is 10.2. The van der Waals surface area contributed by atoms with Crippen LogP contribution in [0.25, 0.3) is 0 Å². The molecule has 18 heavy (non-hydrogen) atoms. The van der Waals surface area contributed by atoms with E-state index < -0.39 is 0 Å². The van der Waals surface area contributed by atoms with E-state index in [4.69, 9.17) is 5.73 Å². The van der Waals surface area contributed by atoms with E-state index in [9.17, 15) is 4.79 Å². The Balaban J connectivity index is 2.81. The number of primary amides is 1. The maximum Gasteiger partial charge on any atom is 0.236 e. The van der Waals surface area contributed by atoms with Crippen LogP contribution < -0.4 is 16.0 Å². The van der Waals surface area contributed by atoms with Gasteiger partial charge in [0.2, 0.25) is 5.91 Å². The zero-order valence-corrected chi connectivity index (χ0v) is 11.1. The fourth-order valence-electron chi connectivity index (χ4n) is 1.74. The van der Waals surface area contributed by atoms with Crippen LogP contribution in [-0.2, 0) is 4.79 Å². The Morgan fingerprint density at radius 1 is 1.44 bits per heavy atom. The molecule has 100 valence electrons. The smallest absolute Gasteiger partial charge is 0.236 e. The molecule has 0 fully saturated rings. The predicted octanol–water partition coefficient (Wildman–Crippen LogP) is 1.61. The number of nitrogens with zero attached hydrogens (tertiary/aromatic N) is 2. The van der Waals surface area contributed by atoms with Gasteiger partial charge in [-0.05, 0) is 19.4 Å². The number of hydrogen-bond acceptors (Lipinski definition) is 4. The highest BCUT2D eigenvalue weighted by molar-refractivity contribution is 5.79. The maximum atomic E-state index is 11.1. The number of amides is 1. The van der Waals surface area contributed by atoms with Gasteiger partial charge in [0.25, 0.3) is 0 Å². The third-order valence-electron chi connectivity index (χ3n) is 2.60. The van der Waals surface area contributed by atoms with E-state index in [0.717, 1.165) is 37.3 Å². The van der Waals surface area contributed by atoms with Crippen molar-refractivity contribution >= 4 is 17.3 Å². The van der Waals surface area contributed by atoms with Crippen molar-refractivity contribution in [3.05, 3.63) is 18.5 Å². The molecular weight excluding hydrogens is 228 g/mol. The van der Waals surface area contributed by atoms with Crippen molar-refractivity contribution in [1.82, 2.24) is 4.98 Å². The second-order valence-corrected chi connectivity index (χ2v) is 4.20. The molecule has 5 heteroatoms. The van der Waals surface area contributed by atoms with Gasteiger partial charge in [0.05, 0.1) is 30.3 Å². The van der Waals surface area contributed by atoms with Crippen LogP contribution in [0.15, 0.2) is 18.5 Å². The van der Waals surface area contributed by atoms with E-state index in [1.54, 1.807) is 12.4 Å². The molecule has 1 aromatic heterocycles.